The molecule has 0 spiro atoms. The first-order valence-corrected chi connectivity index (χ1v) is 14.4. The van der Waals surface area contributed by atoms with E-state index >= 15 is 0 Å². The normalized spacial score (nSPS) is 32.1. The van der Waals surface area contributed by atoms with Crippen LogP contribution in [-0.2, 0) is 35.3 Å². The fraction of sp³-hybridized carbons (Fsp3) is 0.826. The van der Waals surface area contributed by atoms with Gasteiger partial charge in [-0.3, -0.25) is 13.9 Å². The monoisotopic (exact) mass is 516 g/mol. The SMILES string of the molecule is Cc1cn([C@H]2C[C@@](O)(C3CCCCO3)[C@@H](COC3CCCCO3)O2)c(=O)n(CCS(C)(=O)=O)c1=O. The fourth-order valence-electron chi connectivity index (χ4n) is 5.04. The number of sulfone groups is 1. The van der Waals surface area contributed by atoms with E-state index in [1.807, 2.05) is 0 Å². The van der Waals surface area contributed by atoms with E-state index in [1.54, 1.807) is 6.92 Å². The van der Waals surface area contributed by atoms with Gasteiger partial charge in [0, 0.05) is 44.2 Å². The third-order valence-electron chi connectivity index (χ3n) is 7.05. The lowest BCUT2D eigenvalue weighted by molar-refractivity contribution is -0.210. The van der Waals surface area contributed by atoms with Crippen molar-refractivity contribution in [2.24, 2.45) is 0 Å². The number of hydrogen-bond donors (Lipinski definition) is 1. The van der Waals surface area contributed by atoms with Crippen LogP contribution < -0.4 is 11.2 Å². The van der Waals surface area contributed by atoms with E-state index in [1.165, 1.54) is 10.8 Å². The first-order chi connectivity index (χ1) is 16.6. The van der Waals surface area contributed by atoms with Crippen LogP contribution in [0, 0.1) is 6.92 Å². The summed E-state index contributed by atoms with van der Waals surface area (Å²) >= 11 is 0. The van der Waals surface area contributed by atoms with E-state index in [-0.39, 0.29) is 37.2 Å². The molecule has 3 fully saturated rings. The van der Waals surface area contributed by atoms with E-state index in [0.717, 1.165) is 42.9 Å². The number of hydrogen-bond acceptors (Lipinski definition) is 9. The lowest BCUT2D eigenvalue weighted by atomic mass is 9.85. The highest BCUT2D eigenvalue weighted by Crippen LogP contribution is 2.42. The maximum Gasteiger partial charge on any atom is 0.333 e. The molecular weight excluding hydrogens is 480 g/mol. The van der Waals surface area contributed by atoms with Gasteiger partial charge in [0.2, 0.25) is 0 Å². The Morgan fingerprint density at radius 2 is 1.86 bits per heavy atom. The van der Waals surface area contributed by atoms with Gasteiger partial charge in [0.25, 0.3) is 5.56 Å². The Morgan fingerprint density at radius 3 is 2.49 bits per heavy atom. The zero-order chi connectivity index (χ0) is 25.2. The van der Waals surface area contributed by atoms with Crippen LogP contribution in [0.15, 0.2) is 15.8 Å². The number of aromatic nitrogens is 2. The van der Waals surface area contributed by atoms with Crippen molar-refractivity contribution in [3.8, 4) is 0 Å². The molecule has 0 amide bonds. The molecule has 3 saturated heterocycles. The van der Waals surface area contributed by atoms with Gasteiger partial charge < -0.3 is 24.1 Å². The lowest BCUT2D eigenvalue weighted by Gasteiger charge is -2.38. The maximum atomic E-state index is 13.2. The van der Waals surface area contributed by atoms with Gasteiger partial charge in [-0.15, -0.1) is 0 Å². The molecule has 1 aromatic heterocycles. The Kier molecular flexibility index (Phi) is 8.18. The van der Waals surface area contributed by atoms with Gasteiger partial charge >= 0.3 is 5.69 Å². The van der Waals surface area contributed by atoms with Gasteiger partial charge in [-0.1, -0.05) is 0 Å². The summed E-state index contributed by atoms with van der Waals surface area (Å²) in [5.41, 5.74) is -2.36. The zero-order valence-electron chi connectivity index (χ0n) is 20.4. The average molecular weight is 517 g/mol. The first-order valence-electron chi connectivity index (χ1n) is 12.3. The quantitative estimate of drug-likeness (QED) is 0.524. The van der Waals surface area contributed by atoms with Crippen LogP contribution in [-0.4, -0.2) is 78.6 Å². The van der Waals surface area contributed by atoms with Gasteiger partial charge in [-0.05, 0) is 45.4 Å². The summed E-state index contributed by atoms with van der Waals surface area (Å²) in [4.78, 5) is 25.8. The standard InChI is InChI=1S/C23H36N2O9S/c1-16-14-25(22(27)24(21(16)26)9-12-35(2,29)30)19-13-23(28,17-7-3-5-10-31-17)18(34-19)15-33-20-8-4-6-11-32-20/h14,17-20,28H,3-13,15H2,1-2H3/t17?,18-,19-,20?,23-/m1/s1. The molecule has 0 radical (unpaired) electrons. The summed E-state index contributed by atoms with van der Waals surface area (Å²) in [7, 11) is -3.38. The number of aliphatic hydroxyl groups is 1. The Balaban J connectivity index is 1.61. The second-order valence-electron chi connectivity index (χ2n) is 9.85. The third kappa shape index (κ3) is 6.05. The van der Waals surface area contributed by atoms with Gasteiger partial charge in [-0.2, -0.15) is 0 Å². The molecule has 2 unspecified atom stereocenters. The molecular formula is C23H36N2O9S. The van der Waals surface area contributed by atoms with Crippen molar-refractivity contribution in [1.82, 2.24) is 9.13 Å². The topological polar surface area (TPSA) is 135 Å². The van der Waals surface area contributed by atoms with E-state index in [2.05, 4.69) is 0 Å². The zero-order valence-corrected chi connectivity index (χ0v) is 21.2. The van der Waals surface area contributed by atoms with Crippen LogP contribution in [0.4, 0.5) is 0 Å². The van der Waals surface area contributed by atoms with Crippen molar-refractivity contribution >= 4 is 9.84 Å². The van der Waals surface area contributed by atoms with Crippen molar-refractivity contribution in [3.63, 3.8) is 0 Å². The Hall–Kier alpha value is -1.57. The minimum Gasteiger partial charge on any atom is -0.384 e. The molecule has 11 nitrogen and oxygen atoms in total. The highest BCUT2D eigenvalue weighted by atomic mass is 32.2. The van der Waals surface area contributed by atoms with Crippen LogP contribution in [0.1, 0.15) is 56.7 Å². The first kappa shape index (κ1) is 26.5. The molecule has 1 aromatic rings. The third-order valence-corrected chi connectivity index (χ3v) is 7.98. The van der Waals surface area contributed by atoms with Crippen molar-refractivity contribution in [3.05, 3.63) is 32.6 Å². The van der Waals surface area contributed by atoms with Crippen LogP contribution in [0.25, 0.3) is 0 Å². The van der Waals surface area contributed by atoms with Crippen molar-refractivity contribution < 1.29 is 32.5 Å². The Bertz CT molecular complexity index is 1100. The van der Waals surface area contributed by atoms with Crippen LogP contribution in [0.5, 0.6) is 0 Å². The van der Waals surface area contributed by atoms with Crippen molar-refractivity contribution in [1.29, 1.82) is 0 Å². The molecule has 4 rings (SSSR count). The summed E-state index contributed by atoms with van der Waals surface area (Å²) in [6, 6.07) is 0. The lowest BCUT2D eigenvalue weighted by Crippen LogP contribution is -2.53. The summed E-state index contributed by atoms with van der Waals surface area (Å²) in [6.45, 7) is 2.53. The molecule has 0 aromatic carbocycles. The summed E-state index contributed by atoms with van der Waals surface area (Å²) in [5, 5.41) is 11.8. The second-order valence-corrected chi connectivity index (χ2v) is 12.1. The number of aryl methyl sites for hydroxylation is 1. The Morgan fingerprint density at radius 1 is 1.14 bits per heavy atom. The largest absolute Gasteiger partial charge is 0.384 e. The van der Waals surface area contributed by atoms with Crippen LogP contribution >= 0.6 is 0 Å². The van der Waals surface area contributed by atoms with Gasteiger partial charge in [0.15, 0.2) is 6.29 Å². The average Bonchev–Trinajstić information content (AvgIpc) is 3.18. The predicted molar refractivity (Wildman–Crippen MR) is 126 cm³/mol. The maximum absolute atomic E-state index is 13.2. The molecule has 0 bridgehead atoms. The molecule has 4 heterocycles. The molecule has 198 valence electrons. The minimum atomic E-state index is -3.38. The summed E-state index contributed by atoms with van der Waals surface area (Å²) < 4.78 is 49.2. The summed E-state index contributed by atoms with van der Waals surface area (Å²) in [5.74, 6) is -0.338. The fourth-order valence-corrected chi connectivity index (χ4v) is 5.56. The van der Waals surface area contributed by atoms with Gasteiger partial charge in [0.05, 0.1) is 18.5 Å². The molecule has 3 aliphatic heterocycles. The summed E-state index contributed by atoms with van der Waals surface area (Å²) in [6.07, 6.45) is 5.26. The molecule has 0 aliphatic carbocycles. The Labute approximate surface area is 204 Å². The van der Waals surface area contributed by atoms with E-state index < -0.39 is 45.1 Å². The molecule has 35 heavy (non-hydrogen) atoms. The van der Waals surface area contributed by atoms with E-state index in [9.17, 15) is 23.1 Å². The van der Waals surface area contributed by atoms with Crippen LogP contribution in [0.2, 0.25) is 0 Å². The van der Waals surface area contributed by atoms with Crippen molar-refractivity contribution in [2.45, 2.75) is 88.7 Å². The van der Waals surface area contributed by atoms with E-state index in [4.69, 9.17) is 18.9 Å². The molecule has 5 atom stereocenters. The predicted octanol–water partition coefficient (Wildman–Crippen LogP) is 0.494. The highest BCUT2D eigenvalue weighted by molar-refractivity contribution is 7.90. The number of rotatable bonds is 8. The minimum absolute atomic E-state index is 0.0684. The smallest absolute Gasteiger partial charge is 0.333 e. The number of ether oxygens (including phenoxy) is 4. The molecule has 12 heteroatoms. The number of nitrogens with zero attached hydrogens (tertiary/aromatic N) is 2. The molecule has 3 aliphatic rings. The van der Waals surface area contributed by atoms with E-state index in [0.29, 0.717) is 19.6 Å². The van der Waals surface area contributed by atoms with Crippen molar-refractivity contribution in [2.75, 3.05) is 31.8 Å². The van der Waals surface area contributed by atoms with Gasteiger partial charge in [-0.25, -0.2) is 13.2 Å². The second kappa shape index (κ2) is 10.8. The molecule has 0 saturated carbocycles. The highest BCUT2D eigenvalue weighted by Gasteiger charge is 2.54. The molecule has 1 N–H and O–H groups in total. The van der Waals surface area contributed by atoms with Gasteiger partial charge in [0.1, 0.15) is 27.8 Å². The van der Waals surface area contributed by atoms with Crippen LogP contribution in [0.3, 0.4) is 0 Å².